The molecule has 2 aliphatic rings. The van der Waals surface area contributed by atoms with E-state index in [1.807, 2.05) is 24.3 Å². The second-order valence-electron chi connectivity index (χ2n) is 24.5. The van der Waals surface area contributed by atoms with Crippen LogP contribution >= 0.6 is 0 Å². The number of furan rings is 4. The SMILES string of the molecule is c1ccc(C2(C3(c4ccccc4)c4ccccc4-c4ccc(N(c5cccc6c5oc5ccccc56)c5cccc6c5oc5ccccc56)cc43)c3ccccc3-c3ccc(N(c4cccc5c4oc4ccccc45)c4cccc5c4oc4ccccc45)cc32)cc1. The molecular weight excluding hydrogens is 1120 g/mol. The van der Waals surface area contributed by atoms with E-state index < -0.39 is 10.8 Å². The molecule has 6 heteroatoms. The van der Waals surface area contributed by atoms with Crippen LogP contribution in [0, 0.1) is 0 Å². The minimum absolute atomic E-state index is 0.785. The smallest absolute Gasteiger partial charge is 0.159 e. The predicted octanol–water partition coefficient (Wildman–Crippen LogP) is 23.6. The number of benzene rings is 14. The van der Waals surface area contributed by atoms with Gasteiger partial charge >= 0.3 is 0 Å². The molecule has 20 rings (SSSR count). The Balaban J connectivity index is 0.920. The summed E-state index contributed by atoms with van der Waals surface area (Å²) in [6.07, 6.45) is 0. The van der Waals surface area contributed by atoms with E-state index >= 15 is 0 Å². The minimum Gasteiger partial charge on any atom is -0.454 e. The summed E-state index contributed by atoms with van der Waals surface area (Å²) in [6.45, 7) is 0. The van der Waals surface area contributed by atoms with Gasteiger partial charge in [0.05, 0.1) is 33.6 Å². The van der Waals surface area contributed by atoms with Crippen molar-refractivity contribution in [1.82, 2.24) is 0 Å². The molecule has 0 fully saturated rings. The van der Waals surface area contributed by atoms with E-state index in [2.05, 4.69) is 301 Å². The Hall–Kier alpha value is -12.1. The molecule has 0 saturated heterocycles. The highest BCUT2D eigenvalue weighted by Gasteiger charge is 2.64. The summed E-state index contributed by atoms with van der Waals surface area (Å²) < 4.78 is 28.2. The average molecular weight is 1180 g/mol. The molecule has 18 aromatic rings. The first kappa shape index (κ1) is 50.8. The Kier molecular flexibility index (Phi) is 10.6. The van der Waals surface area contributed by atoms with Crippen molar-refractivity contribution in [3.63, 3.8) is 0 Å². The molecule has 4 aromatic heterocycles. The molecule has 2 unspecified atom stereocenters. The van der Waals surface area contributed by atoms with E-state index in [0.717, 1.165) is 155 Å². The van der Waals surface area contributed by atoms with Crippen LogP contribution in [-0.4, -0.2) is 0 Å². The Morgan fingerprint density at radius 2 is 0.478 bits per heavy atom. The topological polar surface area (TPSA) is 59.0 Å². The quantitative estimate of drug-likeness (QED) is 0.144. The van der Waals surface area contributed by atoms with Gasteiger partial charge in [0.25, 0.3) is 0 Å². The zero-order chi connectivity index (χ0) is 60.2. The lowest BCUT2D eigenvalue weighted by atomic mass is 9.49. The van der Waals surface area contributed by atoms with Gasteiger partial charge in [-0.2, -0.15) is 0 Å². The molecule has 0 bridgehead atoms. The summed E-state index contributed by atoms with van der Waals surface area (Å²) in [7, 11) is 0. The molecule has 0 spiro atoms. The van der Waals surface area contributed by atoms with E-state index in [1.54, 1.807) is 0 Å². The summed E-state index contributed by atoms with van der Waals surface area (Å²) in [5.41, 5.74) is 21.7. The highest BCUT2D eigenvalue weighted by atomic mass is 16.3. The van der Waals surface area contributed by atoms with Crippen LogP contribution < -0.4 is 9.80 Å². The van der Waals surface area contributed by atoms with Crippen LogP contribution in [-0.2, 0) is 10.8 Å². The zero-order valence-corrected chi connectivity index (χ0v) is 49.5. The summed E-state index contributed by atoms with van der Waals surface area (Å²) in [5.74, 6) is 0. The third-order valence-corrected chi connectivity index (χ3v) is 20.0. The highest BCUT2D eigenvalue weighted by molar-refractivity contribution is 6.16. The number of para-hydroxylation sites is 8. The van der Waals surface area contributed by atoms with Crippen molar-refractivity contribution in [2.75, 3.05) is 9.80 Å². The molecule has 2 atom stereocenters. The van der Waals surface area contributed by atoms with Crippen molar-refractivity contribution in [1.29, 1.82) is 0 Å². The molecule has 2 aliphatic carbocycles. The molecule has 0 saturated carbocycles. The van der Waals surface area contributed by atoms with Gasteiger partial charge in [-0.1, -0.05) is 243 Å². The van der Waals surface area contributed by atoms with E-state index in [0.29, 0.717) is 0 Å². The van der Waals surface area contributed by atoms with Gasteiger partial charge in [0, 0.05) is 54.5 Å². The van der Waals surface area contributed by atoms with E-state index in [9.17, 15) is 0 Å². The fraction of sp³-hybridized carbons (Fsp3) is 0.0233. The minimum atomic E-state index is -0.984. The van der Waals surface area contributed by atoms with Gasteiger partial charge in [0.1, 0.15) is 22.3 Å². The maximum absolute atomic E-state index is 7.05. The lowest BCUT2D eigenvalue weighted by molar-refractivity contribution is 0.437. The summed E-state index contributed by atoms with van der Waals surface area (Å²) in [5, 5.41) is 8.37. The maximum Gasteiger partial charge on any atom is 0.159 e. The summed E-state index contributed by atoms with van der Waals surface area (Å²) in [6, 6.07) is 115. The molecular formula is C86H52N2O4. The Bertz CT molecular complexity index is 5470. The first-order valence-electron chi connectivity index (χ1n) is 31.5. The van der Waals surface area contributed by atoms with Crippen LogP contribution in [0.2, 0.25) is 0 Å². The Morgan fingerprint density at radius 3 is 0.815 bits per heavy atom. The number of anilines is 6. The number of nitrogens with zero attached hydrogens (tertiary/aromatic N) is 2. The van der Waals surface area contributed by atoms with Crippen LogP contribution in [0.15, 0.2) is 333 Å². The van der Waals surface area contributed by atoms with Crippen LogP contribution in [0.25, 0.3) is 110 Å². The molecule has 0 aliphatic heterocycles. The first-order chi connectivity index (χ1) is 45.6. The van der Waals surface area contributed by atoms with Crippen LogP contribution in [0.5, 0.6) is 0 Å². The second-order valence-corrected chi connectivity index (χ2v) is 24.5. The standard InChI is InChI=1S/C86H52N2O4/c1-3-23-53(24-4-1)85(69-37-13-7-27-57(69)59-49-47-55(51-71(59)85)87(73-39-19-33-65-61-29-9-15-43-77(61)89-81(65)73)74-40-20-34-66-62-30-10-16-44-78(62)90-82(66)74)86(54-25-5-2-6-26-54)70-38-14-8-28-58(70)60-50-48-56(52-72(60)86)88(75-41-21-35-67-63-31-11-17-45-79(63)91-83(67)75)76-42-22-36-68-64-32-12-18-46-80(64)92-84(68)76/h1-52H. The zero-order valence-electron chi connectivity index (χ0n) is 49.5. The monoisotopic (exact) mass is 1180 g/mol. The molecule has 430 valence electrons. The maximum atomic E-state index is 7.05. The molecule has 0 radical (unpaired) electrons. The fourth-order valence-electron chi connectivity index (χ4n) is 16.5. The molecule has 6 nitrogen and oxygen atoms in total. The number of fused-ring (bicyclic) bond motifs is 18. The van der Waals surface area contributed by atoms with E-state index in [1.165, 1.54) is 22.3 Å². The van der Waals surface area contributed by atoms with Gasteiger partial charge in [0.2, 0.25) is 0 Å². The van der Waals surface area contributed by atoms with E-state index in [4.69, 9.17) is 17.7 Å². The molecule has 4 heterocycles. The average Bonchev–Trinajstić information content (AvgIpc) is 1.47. The Morgan fingerprint density at radius 1 is 0.207 bits per heavy atom. The molecule has 0 N–H and O–H groups in total. The van der Waals surface area contributed by atoms with Gasteiger partial charge in [-0.25, -0.2) is 0 Å². The van der Waals surface area contributed by atoms with Gasteiger partial charge in [-0.3, -0.25) is 0 Å². The van der Waals surface area contributed by atoms with Crippen molar-refractivity contribution in [3.05, 3.63) is 349 Å². The number of hydrogen-bond donors (Lipinski definition) is 0. The third-order valence-electron chi connectivity index (χ3n) is 20.0. The van der Waals surface area contributed by atoms with Crippen molar-refractivity contribution < 1.29 is 17.7 Å². The summed E-state index contributed by atoms with van der Waals surface area (Å²) >= 11 is 0. The van der Waals surface area contributed by atoms with Gasteiger partial charge in [0.15, 0.2) is 22.3 Å². The normalized spacial score (nSPS) is 15.7. The van der Waals surface area contributed by atoms with Crippen LogP contribution in [0.1, 0.15) is 33.4 Å². The number of rotatable bonds is 9. The van der Waals surface area contributed by atoms with Crippen molar-refractivity contribution in [3.8, 4) is 22.3 Å². The fourth-order valence-corrected chi connectivity index (χ4v) is 16.5. The Labute approximate surface area is 528 Å². The molecule has 14 aromatic carbocycles. The predicted molar refractivity (Wildman–Crippen MR) is 375 cm³/mol. The molecule has 0 amide bonds. The lowest BCUT2D eigenvalue weighted by Gasteiger charge is -2.51. The van der Waals surface area contributed by atoms with Crippen molar-refractivity contribution in [2.45, 2.75) is 10.8 Å². The second kappa shape index (κ2) is 19.2. The van der Waals surface area contributed by atoms with Gasteiger partial charge < -0.3 is 27.5 Å². The summed E-state index contributed by atoms with van der Waals surface area (Å²) in [4.78, 5) is 4.76. The van der Waals surface area contributed by atoms with Crippen LogP contribution in [0.3, 0.4) is 0 Å². The largest absolute Gasteiger partial charge is 0.454 e. The van der Waals surface area contributed by atoms with E-state index in [-0.39, 0.29) is 0 Å². The van der Waals surface area contributed by atoms with Crippen molar-refractivity contribution >= 4 is 122 Å². The van der Waals surface area contributed by atoms with Gasteiger partial charge in [-0.15, -0.1) is 0 Å². The van der Waals surface area contributed by atoms with Gasteiger partial charge in [-0.05, 0) is 128 Å². The highest BCUT2D eigenvalue weighted by Crippen LogP contribution is 2.71. The lowest BCUT2D eigenvalue weighted by Crippen LogP contribution is -2.50. The first-order valence-corrected chi connectivity index (χ1v) is 31.5. The van der Waals surface area contributed by atoms with Crippen molar-refractivity contribution in [2.24, 2.45) is 0 Å². The molecule has 92 heavy (non-hydrogen) atoms. The number of hydrogen-bond acceptors (Lipinski definition) is 6. The van der Waals surface area contributed by atoms with Crippen LogP contribution in [0.4, 0.5) is 34.1 Å². The third kappa shape index (κ3) is 6.76.